The lowest BCUT2D eigenvalue weighted by molar-refractivity contribution is 0.0980. The summed E-state index contributed by atoms with van der Waals surface area (Å²) < 4.78 is 0. The molecule has 0 saturated heterocycles. The van der Waals surface area contributed by atoms with E-state index in [1.54, 1.807) is 0 Å². The molecule has 1 saturated carbocycles. The monoisotopic (exact) mass is 443 g/mol. The number of ketones is 1. The van der Waals surface area contributed by atoms with Crippen molar-refractivity contribution in [2.45, 2.75) is 103 Å². The topological polar surface area (TPSA) is 40.9 Å². The van der Waals surface area contributed by atoms with Gasteiger partial charge in [-0.3, -0.25) is 4.79 Å². The summed E-state index contributed by atoms with van der Waals surface area (Å²) >= 11 is 0. The molecule has 0 bridgehead atoms. The maximum absolute atomic E-state index is 12.4. The predicted molar refractivity (Wildman–Crippen MR) is 138 cm³/mol. The molecule has 2 nitrogen and oxygen atoms in total. The molecule has 2 aromatic rings. The summed E-state index contributed by atoms with van der Waals surface area (Å²) in [6.45, 7) is 4.37. The van der Waals surface area contributed by atoms with Gasteiger partial charge in [-0.2, -0.15) is 5.26 Å². The molecular weight excluding hydrogens is 402 g/mol. The van der Waals surface area contributed by atoms with Crippen molar-refractivity contribution >= 4 is 5.78 Å². The summed E-state index contributed by atoms with van der Waals surface area (Å²) in [5.74, 6) is 0.750. The number of rotatable bonds is 12. The Morgan fingerprint density at radius 2 is 1.58 bits per heavy atom. The van der Waals surface area contributed by atoms with Gasteiger partial charge < -0.3 is 0 Å². The van der Waals surface area contributed by atoms with Crippen LogP contribution in [0.1, 0.15) is 119 Å². The quantitative estimate of drug-likeness (QED) is 0.242. The summed E-state index contributed by atoms with van der Waals surface area (Å²) in [6.07, 6.45) is 14.2. The Hall–Kier alpha value is -2.40. The molecule has 0 aromatic heterocycles. The molecule has 0 aliphatic heterocycles. The van der Waals surface area contributed by atoms with Gasteiger partial charge in [-0.25, -0.2) is 0 Å². The van der Waals surface area contributed by atoms with E-state index >= 15 is 0 Å². The molecule has 1 fully saturated rings. The second-order valence-electron chi connectivity index (χ2n) is 10.0. The van der Waals surface area contributed by atoms with Crippen LogP contribution in [0.25, 0.3) is 11.1 Å². The molecule has 1 aliphatic carbocycles. The Morgan fingerprint density at radius 3 is 2.24 bits per heavy atom. The molecule has 0 radical (unpaired) electrons. The van der Waals surface area contributed by atoms with E-state index in [0.29, 0.717) is 12.3 Å². The van der Waals surface area contributed by atoms with Crippen LogP contribution in [0.5, 0.6) is 0 Å². The minimum Gasteiger partial charge on any atom is -0.294 e. The van der Waals surface area contributed by atoms with Gasteiger partial charge in [0, 0.05) is 12.0 Å². The summed E-state index contributed by atoms with van der Waals surface area (Å²) in [7, 11) is 0. The van der Waals surface area contributed by atoms with Crippen molar-refractivity contribution in [2.75, 3.05) is 0 Å². The van der Waals surface area contributed by atoms with Gasteiger partial charge in [-0.15, -0.1) is 0 Å². The van der Waals surface area contributed by atoms with Crippen LogP contribution in [0.3, 0.4) is 0 Å². The molecule has 0 spiro atoms. The highest BCUT2D eigenvalue weighted by atomic mass is 16.1. The summed E-state index contributed by atoms with van der Waals surface area (Å²) in [4.78, 5) is 12.4. The van der Waals surface area contributed by atoms with Crippen LogP contribution in [0.4, 0.5) is 0 Å². The highest BCUT2D eigenvalue weighted by molar-refractivity contribution is 5.96. The van der Waals surface area contributed by atoms with E-state index in [1.807, 2.05) is 12.1 Å². The molecule has 3 rings (SSSR count). The fraction of sp³-hybridized carbons (Fsp3) is 0.548. The molecule has 176 valence electrons. The number of carbonyl (C=O) groups is 1. The van der Waals surface area contributed by atoms with E-state index in [4.69, 9.17) is 0 Å². The second kappa shape index (κ2) is 12.7. The molecule has 0 N–H and O–H groups in total. The van der Waals surface area contributed by atoms with Crippen LogP contribution in [-0.4, -0.2) is 5.78 Å². The Morgan fingerprint density at radius 1 is 0.909 bits per heavy atom. The van der Waals surface area contributed by atoms with Crippen molar-refractivity contribution < 1.29 is 4.79 Å². The fourth-order valence-corrected chi connectivity index (χ4v) is 5.40. The first-order chi connectivity index (χ1) is 16.1. The van der Waals surface area contributed by atoms with E-state index in [9.17, 15) is 10.1 Å². The highest BCUT2D eigenvalue weighted by Gasteiger charge is 2.35. The van der Waals surface area contributed by atoms with Crippen LogP contribution in [0, 0.1) is 16.7 Å². The predicted octanol–water partition coefficient (Wildman–Crippen LogP) is 9.25. The van der Waals surface area contributed by atoms with Crippen LogP contribution in [0.2, 0.25) is 0 Å². The maximum Gasteiger partial charge on any atom is 0.162 e. The summed E-state index contributed by atoms with van der Waals surface area (Å²) in [5.41, 5.74) is 4.57. The van der Waals surface area contributed by atoms with E-state index in [-0.39, 0.29) is 11.2 Å². The van der Waals surface area contributed by atoms with Gasteiger partial charge in [0.15, 0.2) is 5.78 Å². The van der Waals surface area contributed by atoms with Gasteiger partial charge in [0.25, 0.3) is 0 Å². The largest absolute Gasteiger partial charge is 0.294 e. The molecule has 0 heterocycles. The minimum atomic E-state index is -0.113. The van der Waals surface area contributed by atoms with Gasteiger partial charge in [0.2, 0.25) is 0 Å². The van der Waals surface area contributed by atoms with Crippen molar-refractivity contribution in [3.63, 3.8) is 0 Å². The number of benzene rings is 2. The lowest BCUT2D eigenvalue weighted by Crippen LogP contribution is -2.25. The molecule has 0 atom stereocenters. The van der Waals surface area contributed by atoms with Gasteiger partial charge in [-0.05, 0) is 61.1 Å². The zero-order valence-corrected chi connectivity index (χ0v) is 20.7. The van der Waals surface area contributed by atoms with Gasteiger partial charge in [0.1, 0.15) is 0 Å². The lowest BCUT2D eigenvalue weighted by Gasteiger charge is -2.36. The Labute approximate surface area is 201 Å². The van der Waals surface area contributed by atoms with E-state index in [2.05, 4.69) is 56.3 Å². The first kappa shape index (κ1) is 25.2. The smallest absolute Gasteiger partial charge is 0.162 e. The molecule has 2 heteroatoms. The standard InChI is InChI=1S/C31H41NO/c1-3-5-7-8-11-21-31(24-32)22-19-26(20-23-31)29-13-10-9-12-28(29)25-15-17-27(18-16-25)30(33)14-6-4-2/h9-10,12-13,15-18,26H,3-8,11,14,19-23H2,1-2H3. The number of hydrogen-bond donors (Lipinski definition) is 0. The first-order valence-electron chi connectivity index (χ1n) is 13.3. The fourth-order valence-electron chi connectivity index (χ4n) is 5.40. The van der Waals surface area contributed by atoms with Crippen LogP contribution >= 0.6 is 0 Å². The first-order valence-corrected chi connectivity index (χ1v) is 13.3. The van der Waals surface area contributed by atoms with Gasteiger partial charge in [0.05, 0.1) is 11.5 Å². The van der Waals surface area contributed by atoms with Crippen molar-refractivity contribution in [2.24, 2.45) is 5.41 Å². The summed E-state index contributed by atoms with van der Waals surface area (Å²) in [6, 6.07) is 19.7. The highest BCUT2D eigenvalue weighted by Crippen LogP contribution is 2.47. The molecule has 0 unspecified atom stereocenters. The van der Waals surface area contributed by atoms with Gasteiger partial charge >= 0.3 is 0 Å². The SMILES string of the molecule is CCCCCCCC1(C#N)CCC(c2ccccc2-c2ccc(C(=O)CCCC)cc2)CC1. The van der Waals surface area contributed by atoms with Crippen LogP contribution in [0.15, 0.2) is 48.5 Å². The molecule has 2 aromatic carbocycles. The Balaban J connectivity index is 1.66. The molecular formula is C31H41NO. The van der Waals surface area contributed by atoms with Gasteiger partial charge in [-0.1, -0.05) is 101 Å². The average molecular weight is 444 g/mol. The average Bonchev–Trinajstić information content (AvgIpc) is 2.87. The maximum atomic E-state index is 12.4. The zero-order valence-electron chi connectivity index (χ0n) is 20.7. The molecule has 33 heavy (non-hydrogen) atoms. The molecule has 1 aliphatic rings. The van der Waals surface area contributed by atoms with E-state index in [0.717, 1.165) is 50.5 Å². The Kier molecular flexibility index (Phi) is 9.74. The summed E-state index contributed by atoms with van der Waals surface area (Å²) in [5, 5.41) is 9.98. The number of hydrogen-bond acceptors (Lipinski definition) is 2. The number of unbranched alkanes of at least 4 members (excludes halogenated alkanes) is 5. The second-order valence-corrected chi connectivity index (χ2v) is 10.0. The number of Topliss-reactive ketones (excluding diaryl/α,β-unsaturated/α-hetero) is 1. The van der Waals surface area contributed by atoms with E-state index in [1.165, 1.54) is 48.8 Å². The lowest BCUT2D eigenvalue weighted by atomic mass is 9.67. The Bertz CT molecular complexity index is 913. The van der Waals surface area contributed by atoms with E-state index < -0.39 is 0 Å². The zero-order chi connectivity index (χ0) is 23.5. The number of carbonyl (C=O) groups excluding carboxylic acids is 1. The van der Waals surface area contributed by atoms with Crippen LogP contribution in [-0.2, 0) is 0 Å². The van der Waals surface area contributed by atoms with Crippen molar-refractivity contribution in [1.29, 1.82) is 5.26 Å². The molecule has 0 amide bonds. The third-order valence-corrected chi connectivity index (χ3v) is 7.61. The van der Waals surface area contributed by atoms with Crippen molar-refractivity contribution in [3.05, 3.63) is 59.7 Å². The normalized spacial score (nSPS) is 20.3. The number of nitrogens with zero attached hydrogens (tertiary/aromatic N) is 1. The van der Waals surface area contributed by atoms with Crippen LogP contribution < -0.4 is 0 Å². The third-order valence-electron chi connectivity index (χ3n) is 7.61. The minimum absolute atomic E-state index is 0.113. The van der Waals surface area contributed by atoms with Crippen molar-refractivity contribution in [1.82, 2.24) is 0 Å². The third kappa shape index (κ3) is 6.80. The van der Waals surface area contributed by atoms with Crippen molar-refractivity contribution in [3.8, 4) is 17.2 Å². The number of nitriles is 1.